The van der Waals surface area contributed by atoms with Gasteiger partial charge < -0.3 is 14.5 Å². The largest absolute Gasteiger partial charge is 0.491 e. The molecule has 3 heterocycles. The number of hydrogen-bond acceptors (Lipinski definition) is 5. The molecule has 1 aliphatic heterocycles. The van der Waals surface area contributed by atoms with Crippen molar-refractivity contribution in [1.82, 2.24) is 24.3 Å². The minimum atomic E-state index is -0.0499. The van der Waals surface area contributed by atoms with Crippen molar-refractivity contribution in [2.45, 2.75) is 25.8 Å². The van der Waals surface area contributed by atoms with Gasteiger partial charge in [-0.1, -0.05) is 18.2 Å². The fraction of sp³-hybridized carbons (Fsp3) is 0.375. The maximum atomic E-state index is 13.5. The predicted octanol–water partition coefficient (Wildman–Crippen LogP) is 3.49. The van der Waals surface area contributed by atoms with Gasteiger partial charge in [-0.15, -0.1) is 0 Å². The number of carbonyl (C=O) groups excluding carboxylic acids is 1. The minimum absolute atomic E-state index is 0.00559. The molecule has 2 aromatic heterocycles. The Morgan fingerprint density at radius 1 is 1.19 bits per heavy atom. The first-order chi connectivity index (χ1) is 15.0. The van der Waals surface area contributed by atoms with E-state index in [1.807, 2.05) is 79.1 Å². The van der Waals surface area contributed by atoms with Crippen molar-refractivity contribution >= 4 is 5.91 Å². The van der Waals surface area contributed by atoms with E-state index in [0.29, 0.717) is 24.5 Å². The quantitative estimate of drug-likeness (QED) is 0.587. The zero-order valence-corrected chi connectivity index (χ0v) is 18.4. The molecule has 1 unspecified atom stereocenters. The third-order valence-electron chi connectivity index (χ3n) is 5.60. The van der Waals surface area contributed by atoms with Crippen LogP contribution < -0.4 is 4.74 Å². The average molecular weight is 420 g/mol. The third kappa shape index (κ3) is 4.61. The Bertz CT molecular complexity index is 1050. The van der Waals surface area contributed by atoms with Crippen LogP contribution >= 0.6 is 0 Å². The van der Waals surface area contributed by atoms with Crippen LogP contribution in [-0.2, 0) is 0 Å². The average Bonchev–Trinajstić information content (AvgIpc) is 3.43. The number of hydrogen-bond donors (Lipinski definition) is 0. The van der Waals surface area contributed by atoms with Crippen molar-refractivity contribution in [2.24, 2.45) is 0 Å². The van der Waals surface area contributed by atoms with E-state index in [2.05, 4.69) is 9.88 Å². The van der Waals surface area contributed by atoms with Gasteiger partial charge in [-0.05, 0) is 58.1 Å². The fourth-order valence-electron chi connectivity index (χ4n) is 3.96. The van der Waals surface area contributed by atoms with Crippen LogP contribution in [0.3, 0.4) is 0 Å². The molecule has 1 saturated heterocycles. The molecule has 1 aliphatic rings. The number of amides is 1. The van der Waals surface area contributed by atoms with Gasteiger partial charge in [0.2, 0.25) is 0 Å². The second kappa shape index (κ2) is 9.31. The highest BCUT2D eigenvalue weighted by molar-refractivity contribution is 5.97. The van der Waals surface area contributed by atoms with E-state index in [-0.39, 0.29) is 11.9 Å². The zero-order valence-electron chi connectivity index (χ0n) is 18.4. The van der Waals surface area contributed by atoms with Crippen molar-refractivity contribution in [3.8, 4) is 11.6 Å². The van der Waals surface area contributed by atoms with E-state index in [0.717, 1.165) is 36.7 Å². The Balaban J connectivity index is 1.57. The fourth-order valence-corrected chi connectivity index (χ4v) is 3.96. The number of carbonyl (C=O) groups is 1. The summed E-state index contributed by atoms with van der Waals surface area (Å²) >= 11 is 0. The molecule has 1 fully saturated rings. The Morgan fingerprint density at radius 2 is 2.03 bits per heavy atom. The highest BCUT2D eigenvalue weighted by Gasteiger charge is 2.33. The molecule has 3 aromatic rings. The topological polar surface area (TPSA) is 63.5 Å². The molecule has 1 amide bonds. The first-order valence-corrected chi connectivity index (χ1v) is 10.7. The molecular weight excluding hydrogens is 390 g/mol. The van der Waals surface area contributed by atoms with E-state index >= 15 is 0 Å². The first-order valence-electron chi connectivity index (χ1n) is 10.7. The second-order valence-corrected chi connectivity index (χ2v) is 8.07. The molecule has 31 heavy (non-hydrogen) atoms. The molecule has 1 aromatic carbocycles. The molecule has 0 N–H and O–H groups in total. The minimum Gasteiger partial charge on any atom is -0.491 e. The Morgan fingerprint density at radius 3 is 2.81 bits per heavy atom. The number of likely N-dealkylation sites (tertiary alicyclic amines) is 1. The van der Waals surface area contributed by atoms with Gasteiger partial charge in [-0.3, -0.25) is 9.36 Å². The van der Waals surface area contributed by atoms with Crippen molar-refractivity contribution in [1.29, 1.82) is 0 Å². The number of aromatic nitrogens is 3. The smallest absolute Gasteiger partial charge is 0.258 e. The number of imidazole rings is 1. The highest BCUT2D eigenvalue weighted by atomic mass is 16.5. The van der Waals surface area contributed by atoms with E-state index in [1.165, 1.54) is 0 Å². The van der Waals surface area contributed by atoms with Gasteiger partial charge in [0, 0.05) is 25.5 Å². The third-order valence-corrected chi connectivity index (χ3v) is 5.60. The zero-order chi connectivity index (χ0) is 21.8. The van der Waals surface area contributed by atoms with Gasteiger partial charge in [0.1, 0.15) is 24.0 Å². The van der Waals surface area contributed by atoms with Gasteiger partial charge in [-0.25, -0.2) is 9.97 Å². The molecule has 0 radical (unpaired) electrons. The molecule has 0 bridgehead atoms. The summed E-state index contributed by atoms with van der Waals surface area (Å²) in [6.45, 7) is 3.99. The SMILES string of the molecule is Cc1nccn1-c1cccc(C2CCCN2C(=O)c2ccccc2OCCN(C)C)n1. The van der Waals surface area contributed by atoms with Crippen molar-refractivity contribution < 1.29 is 9.53 Å². The number of nitrogens with zero attached hydrogens (tertiary/aromatic N) is 5. The van der Waals surface area contributed by atoms with E-state index < -0.39 is 0 Å². The molecule has 0 aliphatic carbocycles. The van der Waals surface area contributed by atoms with Gasteiger partial charge in [-0.2, -0.15) is 0 Å². The molecule has 7 nitrogen and oxygen atoms in total. The van der Waals surface area contributed by atoms with Crippen LogP contribution in [0.15, 0.2) is 54.9 Å². The van der Waals surface area contributed by atoms with Gasteiger partial charge in [0.25, 0.3) is 5.91 Å². The van der Waals surface area contributed by atoms with Crippen LogP contribution in [0.2, 0.25) is 0 Å². The lowest BCUT2D eigenvalue weighted by Crippen LogP contribution is -2.31. The van der Waals surface area contributed by atoms with E-state index in [9.17, 15) is 4.79 Å². The van der Waals surface area contributed by atoms with Crippen molar-refractivity contribution in [3.63, 3.8) is 0 Å². The molecule has 7 heteroatoms. The van der Waals surface area contributed by atoms with Crippen molar-refractivity contribution in [2.75, 3.05) is 33.8 Å². The van der Waals surface area contributed by atoms with Crippen LogP contribution in [0.5, 0.6) is 5.75 Å². The predicted molar refractivity (Wildman–Crippen MR) is 120 cm³/mol. The number of para-hydroxylation sites is 1. The van der Waals surface area contributed by atoms with E-state index in [1.54, 1.807) is 6.20 Å². The summed E-state index contributed by atoms with van der Waals surface area (Å²) in [5.74, 6) is 2.33. The maximum absolute atomic E-state index is 13.5. The van der Waals surface area contributed by atoms with Crippen LogP contribution in [-0.4, -0.2) is 64.0 Å². The summed E-state index contributed by atoms with van der Waals surface area (Å²) in [6.07, 6.45) is 5.52. The summed E-state index contributed by atoms with van der Waals surface area (Å²) in [6, 6.07) is 13.4. The van der Waals surface area contributed by atoms with Crippen LogP contribution in [0.25, 0.3) is 5.82 Å². The lowest BCUT2D eigenvalue weighted by Gasteiger charge is -2.26. The number of ether oxygens (including phenoxy) is 1. The van der Waals surface area contributed by atoms with Crippen molar-refractivity contribution in [3.05, 3.63) is 71.9 Å². The Labute approximate surface area is 183 Å². The number of rotatable bonds is 7. The number of aryl methyl sites for hydroxylation is 1. The molecule has 4 rings (SSSR count). The Hall–Kier alpha value is -3.19. The van der Waals surface area contributed by atoms with Crippen LogP contribution in [0, 0.1) is 6.92 Å². The first kappa shape index (κ1) is 21.1. The summed E-state index contributed by atoms with van der Waals surface area (Å²) < 4.78 is 7.89. The van der Waals surface area contributed by atoms with Gasteiger partial charge in [0.05, 0.1) is 17.3 Å². The summed E-state index contributed by atoms with van der Waals surface area (Å²) in [4.78, 5) is 26.7. The lowest BCUT2D eigenvalue weighted by atomic mass is 10.1. The summed E-state index contributed by atoms with van der Waals surface area (Å²) in [5, 5.41) is 0. The maximum Gasteiger partial charge on any atom is 0.258 e. The second-order valence-electron chi connectivity index (χ2n) is 8.07. The molecule has 162 valence electrons. The van der Waals surface area contributed by atoms with Crippen LogP contribution in [0.1, 0.15) is 40.8 Å². The normalized spacial score (nSPS) is 16.1. The number of pyridine rings is 1. The van der Waals surface area contributed by atoms with Gasteiger partial charge >= 0.3 is 0 Å². The van der Waals surface area contributed by atoms with Gasteiger partial charge in [0.15, 0.2) is 0 Å². The summed E-state index contributed by atoms with van der Waals surface area (Å²) in [7, 11) is 4.00. The molecule has 0 spiro atoms. The molecular formula is C24H29N5O2. The van der Waals surface area contributed by atoms with Crippen LogP contribution in [0.4, 0.5) is 0 Å². The standard InChI is InChI=1S/C24H29N5O2/c1-18-25-13-15-28(18)23-12-6-9-20(26-23)21-10-7-14-29(21)24(30)19-8-4-5-11-22(19)31-17-16-27(2)3/h4-6,8-9,11-13,15,21H,7,10,14,16-17H2,1-3H3. The monoisotopic (exact) mass is 419 g/mol. The number of benzene rings is 1. The highest BCUT2D eigenvalue weighted by Crippen LogP contribution is 2.34. The Kier molecular flexibility index (Phi) is 6.32. The van der Waals surface area contributed by atoms with E-state index in [4.69, 9.17) is 9.72 Å². The molecule has 1 atom stereocenters. The number of likely N-dealkylation sites (N-methyl/N-ethyl adjacent to an activating group) is 1. The summed E-state index contributed by atoms with van der Waals surface area (Å²) in [5.41, 5.74) is 1.51. The lowest BCUT2D eigenvalue weighted by molar-refractivity contribution is 0.0728. The molecule has 0 saturated carbocycles.